The highest BCUT2D eigenvalue weighted by Crippen LogP contribution is 2.23. The van der Waals surface area contributed by atoms with Crippen molar-refractivity contribution in [2.24, 2.45) is 5.16 Å². The Morgan fingerprint density at radius 2 is 2.58 bits per heavy atom. The molecule has 12 heavy (non-hydrogen) atoms. The summed E-state index contributed by atoms with van der Waals surface area (Å²) in [6.07, 6.45) is 0.249. The predicted molar refractivity (Wildman–Crippen MR) is 53.9 cm³/mol. The molecule has 1 unspecified atom stereocenters. The van der Waals surface area contributed by atoms with Gasteiger partial charge in [0.25, 0.3) is 0 Å². The van der Waals surface area contributed by atoms with E-state index in [1.165, 1.54) is 4.88 Å². The Kier molecular flexibility index (Phi) is 2.37. The van der Waals surface area contributed by atoms with Crippen molar-refractivity contribution in [2.75, 3.05) is 5.75 Å². The molecule has 0 spiro atoms. The lowest BCUT2D eigenvalue weighted by atomic mass is 10.5. The predicted octanol–water partition coefficient (Wildman–Crippen LogP) is 2.56. The first-order chi connectivity index (χ1) is 5.86. The molecule has 0 amide bonds. The van der Waals surface area contributed by atoms with Crippen LogP contribution < -0.4 is 0 Å². The lowest BCUT2D eigenvalue weighted by Crippen LogP contribution is -2.15. The van der Waals surface area contributed by atoms with Crippen LogP contribution in [0.3, 0.4) is 0 Å². The molecule has 0 radical (unpaired) electrons. The molecule has 4 heteroatoms. The molecule has 0 saturated carbocycles. The smallest absolute Gasteiger partial charge is 0.153 e. The normalized spacial score (nSPS) is 23.1. The maximum absolute atomic E-state index is 5.19. The first-order valence-electron chi connectivity index (χ1n) is 3.77. The summed E-state index contributed by atoms with van der Waals surface area (Å²) in [4.78, 5) is 6.39. The van der Waals surface area contributed by atoms with Crippen LogP contribution in [0.1, 0.15) is 11.8 Å². The monoisotopic (exact) mass is 199 g/mol. The lowest BCUT2D eigenvalue weighted by Gasteiger charge is -2.15. The number of nitrogens with zero attached hydrogens (tertiary/aromatic N) is 1. The van der Waals surface area contributed by atoms with Gasteiger partial charge in [-0.05, 0) is 18.4 Å². The molecular weight excluding hydrogens is 190 g/mol. The van der Waals surface area contributed by atoms with Gasteiger partial charge in [0, 0.05) is 5.75 Å². The van der Waals surface area contributed by atoms with Crippen LogP contribution in [0.25, 0.3) is 0 Å². The van der Waals surface area contributed by atoms with Crippen LogP contribution in [0.2, 0.25) is 0 Å². The van der Waals surface area contributed by atoms with Crippen LogP contribution in [-0.2, 0) is 4.84 Å². The van der Waals surface area contributed by atoms with Gasteiger partial charge in [0.05, 0.1) is 4.88 Å². The zero-order valence-electron chi connectivity index (χ0n) is 6.69. The molecule has 0 N–H and O–H groups in total. The second-order valence-electron chi connectivity index (χ2n) is 2.60. The van der Waals surface area contributed by atoms with E-state index in [1.54, 1.807) is 23.1 Å². The number of hydrogen-bond acceptors (Lipinski definition) is 4. The van der Waals surface area contributed by atoms with E-state index in [4.69, 9.17) is 4.84 Å². The third kappa shape index (κ3) is 1.64. The van der Waals surface area contributed by atoms with Crippen LogP contribution in [0.5, 0.6) is 0 Å². The maximum Gasteiger partial charge on any atom is 0.153 e. The van der Waals surface area contributed by atoms with Crippen LogP contribution in [-0.4, -0.2) is 16.9 Å². The lowest BCUT2D eigenvalue weighted by molar-refractivity contribution is 0.0878. The molecule has 2 heterocycles. The summed E-state index contributed by atoms with van der Waals surface area (Å²) in [6.45, 7) is 2.03. The van der Waals surface area contributed by atoms with Crippen molar-refractivity contribution < 1.29 is 4.84 Å². The average Bonchev–Trinajstić information content (AvgIpc) is 2.58. The molecule has 0 aliphatic carbocycles. The zero-order chi connectivity index (χ0) is 8.39. The Labute approximate surface area is 79.6 Å². The first kappa shape index (κ1) is 8.13. The third-order valence-corrected chi connectivity index (χ3v) is 3.71. The molecular formula is C8H9NOS2. The molecule has 1 aromatic rings. The Bertz CT molecular complexity index is 281. The topological polar surface area (TPSA) is 21.6 Å². The van der Waals surface area contributed by atoms with E-state index in [-0.39, 0.29) is 6.10 Å². The van der Waals surface area contributed by atoms with E-state index < -0.39 is 0 Å². The van der Waals surface area contributed by atoms with Crippen molar-refractivity contribution in [3.05, 3.63) is 22.4 Å². The fraction of sp³-hybridized carbons (Fsp3) is 0.375. The molecule has 1 aliphatic rings. The van der Waals surface area contributed by atoms with Gasteiger partial charge in [-0.1, -0.05) is 23.0 Å². The first-order valence-corrected chi connectivity index (χ1v) is 5.63. The van der Waals surface area contributed by atoms with Gasteiger partial charge in [0.15, 0.2) is 5.04 Å². The summed E-state index contributed by atoms with van der Waals surface area (Å²) < 4.78 is 0. The van der Waals surface area contributed by atoms with Crippen LogP contribution in [0.4, 0.5) is 0 Å². The zero-order valence-corrected chi connectivity index (χ0v) is 8.32. The van der Waals surface area contributed by atoms with Gasteiger partial charge < -0.3 is 4.84 Å². The number of hydrogen-bond donors (Lipinski definition) is 0. The van der Waals surface area contributed by atoms with Crippen molar-refractivity contribution in [2.45, 2.75) is 13.0 Å². The van der Waals surface area contributed by atoms with Crippen LogP contribution in [0.15, 0.2) is 22.7 Å². The van der Waals surface area contributed by atoms with Crippen molar-refractivity contribution in [1.82, 2.24) is 0 Å². The Morgan fingerprint density at radius 1 is 1.67 bits per heavy atom. The highest BCUT2D eigenvalue weighted by atomic mass is 32.2. The Morgan fingerprint density at radius 3 is 3.17 bits per heavy atom. The number of rotatable bonds is 1. The molecule has 1 atom stereocenters. The van der Waals surface area contributed by atoms with E-state index in [2.05, 4.69) is 16.6 Å². The molecule has 0 fully saturated rings. The maximum atomic E-state index is 5.19. The van der Waals surface area contributed by atoms with Gasteiger partial charge >= 0.3 is 0 Å². The molecule has 2 nitrogen and oxygen atoms in total. The molecule has 64 valence electrons. The van der Waals surface area contributed by atoms with E-state index in [1.807, 2.05) is 13.0 Å². The fourth-order valence-electron chi connectivity index (χ4n) is 0.907. The average molecular weight is 199 g/mol. The highest BCUT2D eigenvalue weighted by molar-refractivity contribution is 8.14. The van der Waals surface area contributed by atoms with E-state index in [9.17, 15) is 0 Å². The third-order valence-electron chi connectivity index (χ3n) is 1.50. The second-order valence-corrected chi connectivity index (χ2v) is 4.56. The van der Waals surface area contributed by atoms with Gasteiger partial charge in [0.1, 0.15) is 6.10 Å². The summed E-state index contributed by atoms with van der Waals surface area (Å²) in [5.41, 5.74) is 0. The largest absolute Gasteiger partial charge is 0.391 e. The van der Waals surface area contributed by atoms with Gasteiger partial charge in [-0.15, -0.1) is 11.3 Å². The van der Waals surface area contributed by atoms with Crippen molar-refractivity contribution in [3.63, 3.8) is 0 Å². The van der Waals surface area contributed by atoms with E-state index >= 15 is 0 Å². The van der Waals surface area contributed by atoms with Gasteiger partial charge in [-0.25, -0.2) is 0 Å². The second kappa shape index (κ2) is 3.49. The minimum absolute atomic E-state index is 0.249. The SMILES string of the molecule is CC1CSC(c2cccs2)=NO1. The summed E-state index contributed by atoms with van der Waals surface area (Å²) in [7, 11) is 0. The summed E-state index contributed by atoms with van der Waals surface area (Å²) >= 11 is 3.46. The summed E-state index contributed by atoms with van der Waals surface area (Å²) in [6, 6.07) is 4.09. The number of oxime groups is 1. The minimum Gasteiger partial charge on any atom is -0.391 e. The molecule has 0 bridgehead atoms. The van der Waals surface area contributed by atoms with Gasteiger partial charge in [-0.2, -0.15) is 0 Å². The quantitative estimate of drug-likeness (QED) is 0.693. The van der Waals surface area contributed by atoms with Crippen molar-refractivity contribution >= 4 is 28.1 Å². The highest BCUT2D eigenvalue weighted by Gasteiger charge is 2.15. The minimum atomic E-state index is 0.249. The number of thioether (sulfide) groups is 1. The van der Waals surface area contributed by atoms with Gasteiger partial charge in [-0.3, -0.25) is 0 Å². The Hall–Kier alpha value is -0.480. The van der Waals surface area contributed by atoms with Crippen LogP contribution in [0, 0.1) is 0 Å². The molecule has 0 aromatic carbocycles. The summed E-state index contributed by atoms with van der Waals surface area (Å²) in [5.74, 6) is 0.997. The Balaban J connectivity index is 2.16. The van der Waals surface area contributed by atoms with Crippen molar-refractivity contribution in [1.29, 1.82) is 0 Å². The fourth-order valence-corrected chi connectivity index (χ4v) is 2.59. The van der Waals surface area contributed by atoms with Crippen molar-refractivity contribution in [3.8, 4) is 0 Å². The van der Waals surface area contributed by atoms with Crippen LogP contribution >= 0.6 is 23.1 Å². The summed E-state index contributed by atoms with van der Waals surface area (Å²) in [5, 5.41) is 7.11. The van der Waals surface area contributed by atoms with E-state index in [0.29, 0.717) is 0 Å². The molecule has 0 saturated heterocycles. The number of thiophene rings is 1. The van der Waals surface area contributed by atoms with Gasteiger partial charge in [0.2, 0.25) is 0 Å². The molecule has 1 aliphatic heterocycles. The molecule has 2 rings (SSSR count). The standard InChI is InChI=1S/C8H9NOS2/c1-6-5-12-8(9-10-6)7-3-2-4-11-7/h2-4,6H,5H2,1H3. The van der Waals surface area contributed by atoms with E-state index in [0.717, 1.165) is 10.8 Å². The molecule has 1 aromatic heterocycles.